The summed E-state index contributed by atoms with van der Waals surface area (Å²) in [5, 5.41) is 13.3. The van der Waals surface area contributed by atoms with Crippen molar-refractivity contribution in [3.05, 3.63) is 24.3 Å². The lowest BCUT2D eigenvalue weighted by molar-refractivity contribution is -0.134. The number of nitrogens with one attached hydrogen (secondary N) is 1. The maximum Gasteiger partial charge on any atom is 0.226 e. The van der Waals surface area contributed by atoms with E-state index in [4.69, 9.17) is 9.16 Å². The van der Waals surface area contributed by atoms with E-state index < -0.39 is 20.3 Å². The minimum atomic E-state index is -2.10. The van der Waals surface area contributed by atoms with Gasteiger partial charge in [0.05, 0.1) is 12.2 Å². The van der Waals surface area contributed by atoms with Crippen LogP contribution in [0.2, 0.25) is 18.1 Å². The first-order valence-corrected chi connectivity index (χ1v) is 16.0. The Morgan fingerprint density at radius 1 is 1.22 bits per heavy atom. The van der Waals surface area contributed by atoms with Crippen molar-refractivity contribution in [2.45, 2.75) is 110 Å². The van der Waals surface area contributed by atoms with Crippen LogP contribution in [0.1, 0.15) is 73.6 Å². The molecule has 0 radical (unpaired) electrons. The molecular weight excluding hydrogens is 474 g/mol. The summed E-state index contributed by atoms with van der Waals surface area (Å²) < 4.78 is 12.4. The summed E-state index contributed by atoms with van der Waals surface area (Å²) in [5.41, 5.74) is 0.723. The summed E-state index contributed by atoms with van der Waals surface area (Å²) in [6, 6.07) is 0. The number of carbonyl (C=O) groups excluding carboxylic acids is 3. The number of imide groups is 1. The second kappa shape index (κ2) is 13.8. The minimum Gasteiger partial charge on any atom is -0.410 e. The van der Waals surface area contributed by atoms with Crippen molar-refractivity contribution in [1.29, 1.82) is 0 Å². The van der Waals surface area contributed by atoms with Gasteiger partial charge in [-0.2, -0.15) is 0 Å². The molecule has 0 aliphatic carbocycles. The first kappa shape index (κ1) is 32.4. The number of Topliss-reactive ketones (excluding diaryl/α,β-unsaturated/α-hetero) is 1. The van der Waals surface area contributed by atoms with Crippen LogP contribution in [0, 0.1) is 17.8 Å². The Balaban J connectivity index is 2.84. The first-order valence-electron chi connectivity index (χ1n) is 13.1. The first-order chi connectivity index (χ1) is 16.5. The highest BCUT2D eigenvalue weighted by atomic mass is 28.4. The molecule has 2 N–H and O–H groups in total. The summed E-state index contributed by atoms with van der Waals surface area (Å²) in [6.45, 7) is 20.5. The van der Waals surface area contributed by atoms with E-state index in [1.54, 1.807) is 20.1 Å². The average Bonchev–Trinajstić information content (AvgIpc) is 2.76. The number of hydrogen-bond acceptors (Lipinski definition) is 6. The Bertz CT molecular complexity index is 799. The molecule has 36 heavy (non-hydrogen) atoms. The SMILES string of the molecule is C=C[C@H](OC)[C@@H](O[Si](C)(C)C(C)(C)C)[C@H](C)/C=C(/C)[C@H](O)C(C)C(=O)CCCC1CC(=O)NC(=O)C1. The van der Waals surface area contributed by atoms with Gasteiger partial charge in [-0.3, -0.25) is 19.7 Å². The van der Waals surface area contributed by atoms with E-state index in [-0.39, 0.29) is 46.7 Å². The fraction of sp³-hybridized carbons (Fsp3) is 0.750. The highest BCUT2D eigenvalue weighted by Crippen LogP contribution is 2.39. The lowest BCUT2D eigenvalue weighted by atomic mass is 9.87. The van der Waals surface area contributed by atoms with Crippen LogP contribution in [0.15, 0.2) is 24.3 Å². The van der Waals surface area contributed by atoms with Gasteiger partial charge in [0.25, 0.3) is 0 Å². The smallest absolute Gasteiger partial charge is 0.226 e. The predicted molar refractivity (Wildman–Crippen MR) is 146 cm³/mol. The van der Waals surface area contributed by atoms with E-state index in [9.17, 15) is 19.5 Å². The standard InChI is InChI=1S/C28H49NO6Si/c1-11-23(34-8)27(35-36(9,10)28(5,6)7)19(3)15-18(2)26(33)20(4)22(30)14-12-13-21-16-24(31)29-25(32)17-21/h11,15,19-21,23,26-27,33H,1,12-14,16-17H2,2-10H3,(H,29,31,32)/b18-15-/t19-,20?,23+,26+,27+/m1/s1. The largest absolute Gasteiger partial charge is 0.410 e. The summed E-state index contributed by atoms with van der Waals surface area (Å²) in [7, 11) is -0.460. The van der Waals surface area contributed by atoms with Gasteiger partial charge in [-0.25, -0.2) is 0 Å². The molecule has 0 spiro atoms. The summed E-state index contributed by atoms with van der Waals surface area (Å²) in [5.74, 6) is -1.16. The van der Waals surface area contributed by atoms with Gasteiger partial charge < -0.3 is 14.3 Å². The Kier molecular flexibility index (Phi) is 12.4. The van der Waals surface area contributed by atoms with Gasteiger partial charge in [-0.1, -0.05) is 46.8 Å². The minimum absolute atomic E-state index is 0.0156. The normalized spacial score (nSPS) is 20.3. The number of amides is 2. The number of aliphatic hydroxyl groups excluding tert-OH is 1. The van der Waals surface area contributed by atoms with Gasteiger partial charge in [-0.05, 0) is 49.4 Å². The van der Waals surface area contributed by atoms with Crippen LogP contribution >= 0.6 is 0 Å². The molecule has 0 aromatic rings. The van der Waals surface area contributed by atoms with Gasteiger partial charge in [-0.15, -0.1) is 6.58 Å². The molecule has 1 aliphatic rings. The summed E-state index contributed by atoms with van der Waals surface area (Å²) in [6.07, 6.45) is 4.46. The molecule has 1 aliphatic heterocycles. The number of aliphatic hydroxyl groups is 1. The third-order valence-corrected chi connectivity index (χ3v) is 12.3. The van der Waals surface area contributed by atoms with Gasteiger partial charge in [0.2, 0.25) is 11.8 Å². The van der Waals surface area contributed by atoms with Crippen molar-refractivity contribution in [3.63, 3.8) is 0 Å². The van der Waals surface area contributed by atoms with Crippen LogP contribution < -0.4 is 5.32 Å². The van der Waals surface area contributed by atoms with Crippen molar-refractivity contribution >= 4 is 25.9 Å². The molecule has 0 aromatic heterocycles. The number of ether oxygens (including phenoxy) is 1. The van der Waals surface area contributed by atoms with E-state index in [0.717, 1.165) is 5.57 Å². The van der Waals surface area contributed by atoms with Crippen molar-refractivity contribution in [3.8, 4) is 0 Å². The van der Waals surface area contributed by atoms with Crippen LogP contribution in [0.5, 0.6) is 0 Å². The van der Waals surface area contributed by atoms with Crippen LogP contribution in [-0.2, 0) is 23.5 Å². The van der Waals surface area contributed by atoms with E-state index >= 15 is 0 Å². The molecule has 0 bridgehead atoms. The zero-order chi connectivity index (χ0) is 27.8. The molecule has 1 rings (SSSR count). The van der Waals surface area contributed by atoms with Crippen LogP contribution in [0.25, 0.3) is 0 Å². The Labute approximate surface area is 219 Å². The lowest BCUT2D eigenvalue weighted by Gasteiger charge is -2.42. The van der Waals surface area contributed by atoms with E-state index in [0.29, 0.717) is 32.1 Å². The van der Waals surface area contributed by atoms with E-state index in [2.05, 4.69) is 45.8 Å². The van der Waals surface area contributed by atoms with Crippen LogP contribution in [0.3, 0.4) is 0 Å². The lowest BCUT2D eigenvalue weighted by Crippen LogP contribution is -2.49. The van der Waals surface area contributed by atoms with Gasteiger partial charge in [0.1, 0.15) is 11.9 Å². The molecule has 1 heterocycles. The fourth-order valence-corrected chi connectivity index (χ4v) is 5.77. The maximum atomic E-state index is 12.8. The molecule has 8 heteroatoms. The maximum absolute atomic E-state index is 12.8. The van der Waals surface area contributed by atoms with Gasteiger partial charge in [0, 0.05) is 38.2 Å². The van der Waals surface area contributed by atoms with Crippen molar-refractivity contribution in [2.24, 2.45) is 17.8 Å². The average molecular weight is 524 g/mol. The number of carbonyl (C=O) groups is 3. The number of piperidine rings is 1. The third-order valence-electron chi connectivity index (χ3n) is 7.82. The quantitative estimate of drug-likeness (QED) is 0.190. The number of methoxy groups -OCH3 is 1. The number of ketones is 1. The van der Waals surface area contributed by atoms with Crippen LogP contribution in [0.4, 0.5) is 0 Å². The zero-order valence-electron chi connectivity index (χ0n) is 23.8. The second-order valence-electron chi connectivity index (χ2n) is 11.9. The molecule has 2 amide bonds. The summed E-state index contributed by atoms with van der Waals surface area (Å²) in [4.78, 5) is 35.9. The molecule has 206 valence electrons. The van der Waals surface area contributed by atoms with E-state index in [1.165, 1.54) is 0 Å². The second-order valence-corrected chi connectivity index (χ2v) is 16.6. The monoisotopic (exact) mass is 523 g/mol. The molecule has 1 fully saturated rings. The Morgan fingerprint density at radius 2 is 1.78 bits per heavy atom. The molecule has 0 aromatic carbocycles. The predicted octanol–water partition coefficient (Wildman–Crippen LogP) is 4.95. The molecule has 7 nitrogen and oxygen atoms in total. The van der Waals surface area contributed by atoms with Gasteiger partial charge in [0.15, 0.2) is 8.32 Å². The number of rotatable bonds is 14. The van der Waals surface area contributed by atoms with Crippen molar-refractivity contribution in [1.82, 2.24) is 5.32 Å². The topological polar surface area (TPSA) is 102 Å². The van der Waals surface area contributed by atoms with Crippen LogP contribution in [-0.4, -0.2) is 56.4 Å². The highest BCUT2D eigenvalue weighted by molar-refractivity contribution is 6.74. The van der Waals surface area contributed by atoms with Gasteiger partial charge >= 0.3 is 0 Å². The molecular formula is C28H49NO6Si. The van der Waals surface area contributed by atoms with E-state index in [1.807, 2.05) is 19.9 Å². The zero-order valence-corrected chi connectivity index (χ0v) is 24.8. The Morgan fingerprint density at radius 3 is 2.25 bits per heavy atom. The third kappa shape index (κ3) is 9.36. The fourth-order valence-electron chi connectivity index (χ4n) is 4.38. The molecule has 1 unspecified atom stereocenters. The van der Waals surface area contributed by atoms with Crippen molar-refractivity contribution in [2.75, 3.05) is 7.11 Å². The Hall–Kier alpha value is -1.61. The summed E-state index contributed by atoms with van der Waals surface area (Å²) >= 11 is 0. The number of hydrogen-bond donors (Lipinski definition) is 2. The molecule has 0 saturated carbocycles. The van der Waals surface area contributed by atoms with Crippen molar-refractivity contribution < 1.29 is 28.7 Å². The highest BCUT2D eigenvalue weighted by Gasteiger charge is 2.41. The molecule has 1 saturated heterocycles. The molecule has 5 atom stereocenters.